The molecule has 0 saturated heterocycles. The second-order valence-corrected chi connectivity index (χ2v) is 2.07. The van der Waals surface area contributed by atoms with Gasteiger partial charge in [-0.3, -0.25) is 0 Å². The van der Waals surface area contributed by atoms with Crippen LogP contribution in [-0.4, -0.2) is 15.5 Å². The van der Waals surface area contributed by atoms with Gasteiger partial charge in [0, 0.05) is 0 Å². The lowest BCUT2D eigenvalue weighted by atomic mass is 10.3. The van der Waals surface area contributed by atoms with E-state index in [1.807, 2.05) is 13.5 Å². The van der Waals surface area contributed by atoms with Crippen molar-refractivity contribution < 1.29 is 4.53 Å². The first kappa shape index (κ1) is 7.69. The fourth-order valence-electron chi connectivity index (χ4n) is 0.188. The van der Waals surface area contributed by atoms with E-state index in [0.29, 0.717) is 9.76 Å². The molecule has 2 nitrogen and oxygen atoms in total. The van der Waals surface area contributed by atoms with E-state index in [9.17, 15) is 0 Å². The molecule has 0 heterocycles. The van der Waals surface area contributed by atoms with E-state index in [2.05, 4.69) is 12.1 Å². The average molecular weight is 129 g/mol. The summed E-state index contributed by atoms with van der Waals surface area (Å²) in [5, 5.41) is 3.79. The summed E-state index contributed by atoms with van der Waals surface area (Å²) < 4.78 is 4.80. The maximum absolute atomic E-state index is 4.80. The largest absolute Gasteiger partial charge is 0.454 e. The van der Waals surface area contributed by atoms with E-state index in [4.69, 9.17) is 4.53 Å². The zero-order valence-electron chi connectivity index (χ0n) is 5.56. The van der Waals surface area contributed by atoms with Crippen molar-refractivity contribution in [1.29, 1.82) is 0 Å². The smallest absolute Gasteiger partial charge is 0.350 e. The van der Waals surface area contributed by atoms with E-state index < -0.39 is 0 Å². The van der Waals surface area contributed by atoms with Gasteiger partial charge in [0.2, 0.25) is 0 Å². The Balaban J connectivity index is 3.26. The summed E-state index contributed by atoms with van der Waals surface area (Å²) in [4.78, 5) is 0. The Kier molecular flexibility index (Phi) is 4.65. The highest BCUT2D eigenvalue weighted by molar-refractivity contribution is 6.24. The normalized spacial score (nSPS) is 11.6. The predicted molar refractivity (Wildman–Crippen MR) is 36.1 cm³/mol. The quantitative estimate of drug-likeness (QED) is 0.321. The van der Waals surface area contributed by atoms with Crippen molar-refractivity contribution in [3.8, 4) is 0 Å². The Labute approximate surface area is 52.9 Å². The minimum absolute atomic E-state index is 0.466. The van der Waals surface area contributed by atoms with Gasteiger partial charge in [-0.25, -0.2) is 0 Å². The molecule has 0 aromatic heterocycles. The van der Waals surface area contributed by atoms with Crippen LogP contribution in [0.2, 0.25) is 6.55 Å². The molecule has 0 unspecified atom stereocenters. The average Bonchev–Trinajstić information content (AvgIpc) is 1.83. The summed E-state index contributed by atoms with van der Waals surface area (Å²) in [6, 6.07) is 0. The van der Waals surface area contributed by atoms with Crippen molar-refractivity contribution in [1.82, 2.24) is 0 Å². The molecule has 0 aromatic carbocycles. The zero-order valence-corrected chi connectivity index (χ0v) is 6.56. The van der Waals surface area contributed by atoms with Gasteiger partial charge in [0.25, 0.3) is 0 Å². The Morgan fingerprint density at radius 1 is 1.75 bits per heavy atom. The molecule has 8 heavy (non-hydrogen) atoms. The molecule has 0 bridgehead atoms. The Morgan fingerprint density at radius 3 is 2.75 bits per heavy atom. The molecule has 46 valence electrons. The lowest BCUT2D eigenvalue weighted by molar-refractivity contribution is 0.364. The van der Waals surface area contributed by atoms with Crippen LogP contribution in [0.25, 0.3) is 0 Å². The lowest BCUT2D eigenvalue weighted by Crippen LogP contribution is -1.91. The van der Waals surface area contributed by atoms with Crippen LogP contribution in [0.5, 0.6) is 0 Å². The molecule has 0 N–H and O–H groups in total. The van der Waals surface area contributed by atoms with Gasteiger partial charge < -0.3 is 4.53 Å². The third-order valence-electron chi connectivity index (χ3n) is 0.804. The van der Waals surface area contributed by atoms with Gasteiger partial charge in [-0.15, -0.1) is 5.16 Å². The van der Waals surface area contributed by atoms with E-state index >= 15 is 0 Å². The fourth-order valence-corrected chi connectivity index (χ4v) is 0.435. The first-order valence-corrected chi connectivity index (χ1v) is 4.08. The van der Waals surface area contributed by atoms with Gasteiger partial charge in [0.15, 0.2) is 0 Å². The second-order valence-electron chi connectivity index (χ2n) is 1.48. The van der Waals surface area contributed by atoms with E-state index in [0.717, 1.165) is 12.1 Å². The topological polar surface area (TPSA) is 21.6 Å². The number of hydrogen-bond acceptors (Lipinski definition) is 2. The lowest BCUT2D eigenvalue weighted by Gasteiger charge is -1.92. The molecule has 0 aliphatic carbocycles. The summed E-state index contributed by atoms with van der Waals surface area (Å²) >= 11 is 0. The van der Waals surface area contributed by atoms with Crippen LogP contribution < -0.4 is 0 Å². The molecule has 0 aliphatic rings. The molecular weight excluding hydrogens is 118 g/mol. The Morgan fingerprint density at radius 2 is 2.38 bits per heavy atom. The number of oxime groups is 1. The minimum atomic E-state index is 0.466. The molecular formula is C5H11NOSi. The summed E-state index contributed by atoms with van der Waals surface area (Å²) in [6.45, 7) is 5.97. The molecule has 0 fully saturated rings. The third-order valence-corrected chi connectivity index (χ3v) is 1.08. The zero-order chi connectivity index (χ0) is 6.41. The first-order chi connectivity index (χ1) is 3.81. The second kappa shape index (κ2) is 4.84. The Hall–Kier alpha value is -0.313. The van der Waals surface area contributed by atoms with Crippen molar-refractivity contribution in [3.05, 3.63) is 0 Å². The van der Waals surface area contributed by atoms with Crippen LogP contribution in [0.3, 0.4) is 0 Å². The minimum Gasteiger partial charge on any atom is -0.454 e. The summed E-state index contributed by atoms with van der Waals surface area (Å²) in [5.74, 6) is 0. The molecule has 0 spiro atoms. The van der Waals surface area contributed by atoms with Gasteiger partial charge in [-0.2, -0.15) is 0 Å². The summed E-state index contributed by atoms with van der Waals surface area (Å²) in [6.07, 6.45) is 0.977. The monoisotopic (exact) mass is 129 g/mol. The van der Waals surface area contributed by atoms with E-state index in [-0.39, 0.29) is 0 Å². The van der Waals surface area contributed by atoms with Crippen LogP contribution in [0.4, 0.5) is 0 Å². The van der Waals surface area contributed by atoms with E-state index in [1.54, 1.807) is 0 Å². The molecule has 0 saturated carbocycles. The number of hydrogen-bond donors (Lipinski definition) is 0. The summed E-state index contributed by atoms with van der Waals surface area (Å²) in [7, 11) is 0.466. The maximum atomic E-state index is 4.80. The first-order valence-electron chi connectivity index (χ1n) is 2.67. The molecule has 0 atom stereocenters. The molecule has 2 radical (unpaired) electrons. The SMILES string of the molecule is CC/C(C)=N/O[Si]C. The van der Waals surface area contributed by atoms with Gasteiger partial charge in [-0.1, -0.05) is 6.92 Å². The van der Waals surface area contributed by atoms with Crippen molar-refractivity contribution in [2.45, 2.75) is 26.8 Å². The van der Waals surface area contributed by atoms with Crippen LogP contribution in [0.15, 0.2) is 5.16 Å². The maximum Gasteiger partial charge on any atom is 0.350 e. The van der Waals surface area contributed by atoms with Gasteiger partial charge >= 0.3 is 9.76 Å². The number of rotatable bonds is 3. The Bertz CT molecular complexity index is 82.5. The molecule has 0 amide bonds. The molecule has 0 aliphatic heterocycles. The van der Waals surface area contributed by atoms with E-state index in [1.165, 1.54) is 0 Å². The van der Waals surface area contributed by atoms with Gasteiger partial charge in [0.05, 0.1) is 5.71 Å². The highest BCUT2D eigenvalue weighted by Gasteiger charge is 1.82. The van der Waals surface area contributed by atoms with Crippen molar-refractivity contribution in [2.75, 3.05) is 0 Å². The highest BCUT2D eigenvalue weighted by atomic mass is 28.2. The molecule has 0 aromatic rings. The predicted octanol–water partition coefficient (Wildman–Crippen LogP) is 1.46. The van der Waals surface area contributed by atoms with Crippen LogP contribution in [0.1, 0.15) is 20.3 Å². The van der Waals surface area contributed by atoms with Crippen molar-refractivity contribution >= 4 is 15.5 Å². The molecule has 0 rings (SSSR count). The molecule has 3 heteroatoms. The fraction of sp³-hybridized carbons (Fsp3) is 0.800. The highest BCUT2D eigenvalue weighted by Crippen LogP contribution is 1.83. The number of nitrogens with zero attached hydrogens (tertiary/aromatic N) is 1. The van der Waals surface area contributed by atoms with Crippen LogP contribution >= 0.6 is 0 Å². The summed E-state index contributed by atoms with van der Waals surface area (Å²) in [5.41, 5.74) is 1.05. The standard InChI is InChI=1S/C5H11NOSi/c1-4-5(2)6-7-8-3/h4H2,1-3H3/b6-5+. The third kappa shape index (κ3) is 3.86. The van der Waals surface area contributed by atoms with Crippen LogP contribution in [0, 0.1) is 0 Å². The van der Waals surface area contributed by atoms with Crippen molar-refractivity contribution in [3.63, 3.8) is 0 Å². The van der Waals surface area contributed by atoms with Gasteiger partial charge in [0.1, 0.15) is 0 Å². The van der Waals surface area contributed by atoms with Gasteiger partial charge in [-0.05, 0) is 19.9 Å². The van der Waals surface area contributed by atoms with Crippen molar-refractivity contribution in [2.24, 2.45) is 5.16 Å². The van der Waals surface area contributed by atoms with Crippen LogP contribution in [-0.2, 0) is 4.53 Å².